The van der Waals surface area contributed by atoms with Gasteiger partial charge in [0.25, 0.3) is 0 Å². The van der Waals surface area contributed by atoms with Crippen molar-refractivity contribution in [1.29, 1.82) is 0 Å². The molecule has 1 rings (SSSR count). The van der Waals surface area contributed by atoms with Gasteiger partial charge in [0.15, 0.2) is 0 Å². The fraction of sp³-hybridized carbons (Fsp3) is 0.417. The number of nitrogens with one attached hydrogen (secondary N) is 2. The van der Waals surface area contributed by atoms with E-state index in [1.807, 2.05) is 6.92 Å². The lowest BCUT2D eigenvalue weighted by Crippen LogP contribution is -2.26. The van der Waals surface area contributed by atoms with Crippen LogP contribution in [0, 0.1) is 5.82 Å². The standard InChI is InChI=1S/C12H16ClFN2O/c1-8(16-6-5-12(17)15-2)10-4-3-9(14)7-11(10)13/h3-4,7-8,16H,5-6H2,1-2H3,(H,15,17). The third-order valence-electron chi connectivity index (χ3n) is 2.51. The summed E-state index contributed by atoms with van der Waals surface area (Å²) in [6.45, 7) is 2.47. The van der Waals surface area contributed by atoms with Gasteiger partial charge in [-0.3, -0.25) is 4.79 Å². The van der Waals surface area contributed by atoms with Crippen LogP contribution >= 0.6 is 11.6 Å². The highest BCUT2D eigenvalue weighted by molar-refractivity contribution is 6.31. The van der Waals surface area contributed by atoms with Gasteiger partial charge in [-0.05, 0) is 24.6 Å². The minimum Gasteiger partial charge on any atom is -0.359 e. The lowest BCUT2D eigenvalue weighted by Gasteiger charge is -2.15. The largest absolute Gasteiger partial charge is 0.359 e. The van der Waals surface area contributed by atoms with Gasteiger partial charge in [-0.1, -0.05) is 17.7 Å². The van der Waals surface area contributed by atoms with Crippen LogP contribution in [0.3, 0.4) is 0 Å². The first-order valence-corrected chi connectivity index (χ1v) is 5.81. The summed E-state index contributed by atoms with van der Waals surface area (Å²) < 4.78 is 12.9. The molecule has 2 N–H and O–H groups in total. The predicted molar refractivity (Wildman–Crippen MR) is 66.5 cm³/mol. The summed E-state index contributed by atoms with van der Waals surface area (Å²) in [6.07, 6.45) is 0.402. The Bertz CT molecular complexity index is 398. The molecule has 94 valence electrons. The Labute approximate surface area is 105 Å². The molecular formula is C12H16ClFN2O. The van der Waals surface area contributed by atoms with E-state index in [1.165, 1.54) is 12.1 Å². The molecule has 17 heavy (non-hydrogen) atoms. The molecule has 0 saturated heterocycles. The Morgan fingerprint density at radius 2 is 2.24 bits per heavy atom. The minimum atomic E-state index is -0.351. The number of hydrogen-bond acceptors (Lipinski definition) is 2. The molecule has 0 aliphatic carbocycles. The lowest BCUT2D eigenvalue weighted by molar-refractivity contribution is -0.120. The van der Waals surface area contributed by atoms with Crippen molar-refractivity contribution in [3.8, 4) is 0 Å². The summed E-state index contributed by atoms with van der Waals surface area (Å²) in [5, 5.41) is 6.09. The molecule has 0 aliphatic rings. The van der Waals surface area contributed by atoms with Crippen molar-refractivity contribution < 1.29 is 9.18 Å². The maximum Gasteiger partial charge on any atom is 0.221 e. The van der Waals surface area contributed by atoms with Gasteiger partial charge in [0.1, 0.15) is 5.82 Å². The molecule has 1 unspecified atom stereocenters. The third-order valence-corrected chi connectivity index (χ3v) is 2.84. The first-order valence-electron chi connectivity index (χ1n) is 5.43. The second kappa shape index (κ2) is 6.57. The average Bonchev–Trinajstić information content (AvgIpc) is 2.28. The van der Waals surface area contributed by atoms with Crippen LogP contribution in [0.1, 0.15) is 24.9 Å². The van der Waals surface area contributed by atoms with Crippen LogP contribution in [0.15, 0.2) is 18.2 Å². The minimum absolute atomic E-state index is 0.0186. The van der Waals surface area contributed by atoms with E-state index in [9.17, 15) is 9.18 Å². The van der Waals surface area contributed by atoms with Crippen molar-refractivity contribution in [2.24, 2.45) is 0 Å². The van der Waals surface area contributed by atoms with Crippen LogP contribution < -0.4 is 10.6 Å². The van der Waals surface area contributed by atoms with Crippen LogP contribution in [-0.2, 0) is 4.79 Å². The third kappa shape index (κ3) is 4.32. The molecule has 1 atom stereocenters. The van der Waals surface area contributed by atoms with Gasteiger partial charge in [-0.25, -0.2) is 4.39 Å². The molecule has 0 spiro atoms. The lowest BCUT2D eigenvalue weighted by atomic mass is 10.1. The fourth-order valence-corrected chi connectivity index (χ4v) is 1.82. The second-order valence-electron chi connectivity index (χ2n) is 3.76. The van der Waals surface area contributed by atoms with Gasteiger partial charge in [0.2, 0.25) is 5.91 Å². The summed E-state index contributed by atoms with van der Waals surface area (Å²) in [7, 11) is 1.60. The summed E-state index contributed by atoms with van der Waals surface area (Å²) >= 11 is 5.93. The molecule has 1 aromatic carbocycles. The molecule has 0 heterocycles. The zero-order valence-electron chi connectivity index (χ0n) is 9.89. The van der Waals surface area contributed by atoms with Crippen molar-refractivity contribution in [2.75, 3.05) is 13.6 Å². The highest BCUT2D eigenvalue weighted by Crippen LogP contribution is 2.23. The Kier molecular flexibility index (Phi) is 5.38. The molecule has 0 radical (unpaired) electrons. The smallest absolute Gasteiger partial charge is 0.221 e. The fourth-order valence-electron chi connectivity index (χ4n) is 1.49. The van der Waals surface area contributed by atoms with Crippen molar-refractivity contribution in [3.05, 3.63) is 34.6 Å². The number of carbonyl (C=O) groups excluding carboxylic acids is 1. The van der Waals surface area contributed by atoms with Crippen LogP contribution in [0.4, 0.5) is 4.39 Å². The summed E-state index contributed by atoms with van der Waals surface area (Å²) in [5.74, 6) is -0.369. The molecule has 5 heteroatoms. The van der Waals surface area contributed by atoms with Crippen LogP contribution in [0.5, 0.6) is 0 Å². The van der Waals surface area contributed by atoms with Crippen molar-refractivity contribution >= 4 is 17.5 Å². The van der Waals surface area contributed by atoms with E-state index < -0.39 is 0 Å². The monoisotopic (exact) mass is 258 g/mol. The maximum absolute atomic E-state index is 12.9. The summed E-state index contributed by atoms with van der Waals surface area (Å²) in [5.41, 5.74) is 0.824. The highest BCUT2D eigenvalue weighted by atomic mass is 35.5. The number of benzene rings is 1. The molecule has 1 aromatic rings. The zero-order chi connectivity index (χ0) is 12.8. The maximum atomic E-state index is 12.9. The molecule has 0 saturated carbocycles. The first-order chi connectivity index (χ1) is 8.04. The van der Waals surface area contributed by atoms with E-state index in [0.29, 0.717) is 18.0 Å². The quantitative estimate of drug-likeness (QED) is 0.851. The first kappa shape index (κ1) is 13.9. The van der Waals surface area contributed by atoms with E-state index >= 15 is 0 Å². The Hall–Kier alpha value is -1.13. The van der Waals surface area contributed by atoms with Crippen LogP contribution in [0.25, 0.3) is 0 Å². The summed E-state index contributed by atoms with van der Waals surface area (Å²) in [4.78, 5) is 11.0. The van der Waals surface area contributed by atoms with E-state index in [0.717, 1.165) is 5.56 Å². The van der Waals surface area contributed by atoms with Gasteiger partial charge in [0.05, 0.1) is 0 Å². The molecule has 0 fully saturated rings. The highest BCUT2D eigenvalue weighted by Gasteiger charge is 2.10. The zero-order valence-corrected chi connectivity index (χ0v) is 10.6. The van der Waals surface area contributed by atoms with E-state index in [4.69, 9.17) is 11.6 Å². The molecule has 0 bridgehead atoms. The van der Waals surface area contributed by atoms with E-state index in [-0.39, 0.29) is 17.8 Å². The van der Waals surface area contributed by atoms with Crippen molar-refractivity contribution in [2.45, 2.75) is 19.4 Å². The Morgan fingerprint density at radius 3 is 2.82 bits per heavy atom. The molecule has 3 nitrogen and oxygen atoms in total. The number of amides is 1. The summed E-state index contributed by atoms with van der Waals surface area (Å²) in [6, 6.07) is 4.29. The number of carbonyl (C=O) groups is 1. The van der Waals surface area contributed by atoms with Gasteiger partial charge < -0.3 is 10.6 Å². The average molecular weight is 259 g/mol. The van der Waals surface area contributed by atoms with Crippen molar-refractivity contribution in [1.82, 2.24) is 10.6 Å². The van der Waals surface area contributed by atoms with Crippen LogP contribution in [0.2, 0.25) is 5.02 Å². The molecular weight excluding hydrogens is 243 g/mol. The van der Waals surface area contributed by atoms with Gasteiger partial charge >= 0.3 is 0 Å². The SMILES string of the molecule is CNC(=O)CCNC(C)c1ccc(F)cc1Cl. The van der Waals surface area contributed by atoms with E-state index in [1.54, 1.807) is 13.1 Å². The number of rotatable bonds is 5. The Morgan fingerprint density at radius 1 is 1.53 bits per heavy atom. The van der Waals surface area contributed by atoms with Crippen molar-refractivity contribution in [3.63, 3.8) is 0 Å². The van der Waals surface area contributed by atoms with Gasteiger partial charge in [-0.15, -0.1) is 0 Å². The van der Waals surface area contributed by atoms with Gasteiger partial charge in [-0.2, -0.15) is 0 Å². The predicted octanol–water partition coefficient (Wildman–Crippen LogP) is 2.27. The topological polar surface area (TPSA) is 41.1 Å². The van der Waals surface area contributed by atoms with Gasteiger partial charge in [0, 0.05) is 31.1 Å². The van der Waals surface area contributed by atoms with Crippen LogP contribution in [-0.4, -0.2) is 19.5 Å². The normalized spacial score (nSPS) is 12.2. The Balaban J connectivity index is 2.52. The molecule has 0 aromatic heterocycles. The van der Waals surface area contributed by atoms with E-state index in [2.05, 4.69) is 10.6 Å². The molecule has 1 amide bonds. The second-order valence-corrected chi connectivity index (χ2v) is 4.17. The number of hydrogen-bond donors (Lipinski definition) is 2. The molecule has 0 aliphatic heterocycles. The number of halogens is 2.